The summed E-state index contributed by atoms with van der Waals surface area (Å²) in [7, 11) is -3.96. The van der Waals surface area contributed by atoms with E-state index in [1.54, 1.807) is 49.4 Å². The number of hydrogen-bond acceptors (Lipinski definition) is 4. The van der Waals surface area contributed by atoms with Crippen LogP contribution in [0.1, 0.15) is 50.2 Å². The molecule has 1 fully saturated rings. The predicted octanol–water partition coefficient (Wildman–Crippen LogP) is 4.92. The van der Waals surface area contributed by atoms with Crippen molar-refractivity contribution in [2.24, 2.45) is 0 Å². The number of benzene rings is 2. The fourth-order valence-corrected chi connectivity index (χ4v) is 6.16. The number of halogens is 1. The summed E-state index contributed by atoms with van der Waals surface area (Å²) < 4.78 is 28.2. The van der Waals surface area contributed by atoms with Crippen LogP contribution in [-0.2, 0) is 14.8 Å². The van der Waals surface area contributed by atoms with Crippen LogP contribution in [0.5, 0.6) is 0 Å². The first-order valence-electron chi connectivity index (χ1n) is 12.1. The molecular weight excluding hydrogens is 470 g/mol. The third-order valence-electron chi connectivity index (χ3n) is 6.57. The van der Waals surface area contributed by atoms with E-state index >= 15 is 0 Å². The number of amides is 1. The summed E-state index contributed by atoms with van der Waals surface area (Å²) in [4.78, 5) is 15.5. The summed E-state index contributed by atoms with van der Waals surface area (Å²) in [5.41, 5.74) is 1.98. The Hall–Kier alpha value is -2.09. The monoisotopic (exact) mass is 505 g/mol. The summed E-state index contributed by atoms with van der Waals surface area (Å²) in [6, 6.07) is 12.4. The maximum Gasteiger partial charge on any atom is 0.264 e. The van der Waals surface area contributed by atoms with Crippen LogP contribution in [0.3, 0.4) is 0 Å². The second-order valence-electron chi connectivity index (χ2n) is 9.01. The second kappa shape index (κ2) is 12.0. The molecule has 2 aromatic rings. The van der Waals surface area contributed by atoms with Gasteiger partial charge in [-0.15, -0.1) is 0 Å². The third kappa shape index (κ3) is 6.52. The van der Waals surface area contributed by atoms with E-state index in [2.05, 4.69) is 17.1 Å². The van der Waals surface area contributed by atoms with Gasteiger partial charge in [-0.2, -0.15) is 0 Å². The lowest BCUT2D eigenvalue weighted by Crippen LogP contribution is -2.43. The van der Waals surface area contributed by atoms with Gasteiger partial charge in [-0.3, -0.25) is 9.10 Å². The van der Waals surface area contributed by atoms with Crippen molar-refractivity contribution in [3.63, 3.8) is 0 Å². The first-order valence-corrected chi connectivity index (χ1v) is 13.9. The van der Waals surface area contributed by atoms with Gasteiger partial charge in [0.25, 0.3) is 10.0 Å². The molecule has 1 unspecified atom stereocenters. The van der Waals surface area contributed by atoms with Gasteiger partial charge >= 0.3 is 0 Å². The molecule has 0 bridgehead atoms. The Morgan fingerprint density at radius 1 is 1.15 bits per heavy atom. The Bertz CT molecular complexity index is 1070. The zero-order valence-corrected chi connectivity index (χ0v) is 22.0. The number of piperidine rings is 1. The average molecular weight is 506 g/mol. The van der Waals surface area contributed by atoms with Crippen LogP contribution in [0.4, 0.5) is 5.69 Å². The van der Waals surface area contributed by atoms with Crippen LogP contribution in [-0.4, -0.2) is 51.4 Å². The van der Waals surface area contributed by atoms with E-state index in [0.29, 0.717) is 28.9 Å². The molecule has 0 saturated carbocycles. The molecule has 0 radical (unpaired) electrons. The van der Waals surface area contributed by atoms with E-state index in [9.17, 15) is 13.2 Å². The van der Waals surface area contributed by atoms with Crippen molar-refractivity contribution >= 4 is 33.2 Å². The number of sulfonamides is 1. The maximum atomic E-state index is 13.5. The largest absolute Gasteiger partial charge is 0.354 e. The average Bonchev–Trinajstić information content (AvgIpc) is 2.82. The molecule has 2 aromatic carbocycles. The lowest BCUT2D eigenvalue weighted by atomic mass is 10.00. The van der Waals surface area contributed by atoms with Gasteiger partial charge in [-0.1, -0.05) is 48.7 Å². The summed E-state index contributed by atoms with van der Waals surface area (Å²) in [6.45, 7) is 8.15. The van der Waals surface area contributed by atoms with Crippen molar-refractivity contribution in [2.45, 2.75) is 63.8 Å². The molecule has 0 aromatic heterocycles. The predicted molar refractivity (Wildman–Crippen MR) is 139 cm³/mol. The second-order valence-corrected chi connectivity index (χ2v) is 11.3. The van der Waals surface area contributed by atoms with Gasteiger partial charge in [0.2, 0.25) is 5.91 Å². The molecule has 34 heavy (non-hydrogen) atoms. The molecule has 3 rings (SSSR count). The highest BCUT2D eigenvalue weighted by Gasteiger charge is 2.29. The fourth-order valence-electron chi connectivity index (χ4n) is 4.52. The highest BCUT2D eigenvalue weighted by atomic mass is 35.5. The van der Waals surface area contributed by atoms with Crippen molar-refractivity contribution < 1.29 is 13.2 Å². The number of nitrogens with zero attached hydrogens (tertiary/aromatic N) is 2. The van der Waals surface area contributed by atoms with Crippen molar-refractivity contribution in [1.82, 2.24) is 10.2 Å². The topological polar surface area (TPSA) is 69.7 Å². The smallest absolute Gasteiger partial charge is 0.264 e. The van der Waals surface area contributed by atoms with Crippen molar-refractivity contribution in [3.8, 4) is 0 Å². The summed E-state index contributed by atoms with van der Waals surface area (Å²) in [6.07, 6.45) is 5.75. The van der Waals surface area contributed by atoms with Crippen LogP contribution in [0.15, 0.2) is 47.4 Å². The highest BCUT2D eigenvalue weighted by molar-refractivity contribution is 7.92. The van der Waals surface area contributed by atoms with Gasteiger partial charge in [0, 0.05) is 24.2 Å². The van der Waals surface area contributed by atoms with E-state index in [1.807, 2.05) is 6.92 Å². The molecule has 1 atom stereocenters. The number of carbonyl (C=O) groups excluding carboxylic acids is 1. The Morgan fingerprint density at radius 2 is 1.88 bits per heavy atom. The van der Waals surface area contributed by atoms with Crippen LogP contribution in [0, 0.1) is 13.8 Å². The van der Waals surface area contributed by atoms with Gasteiger partial charge in [0.05, 0.1) is 10.6 Å². The Morgan fingerprint density at radius 3 is 2.59 bits per heavy atom. The molecule has 1 aliphatic rings. The standard InChI is InChI=1S/C26H36ClN3O3S/c1-4-22-9-5-6-17-29(22)18-8-16-28-26(31)19-30(25-11-7-10-24(27)21(25)3)34(32,33)23-14-12-20(2)13-15-23/h7,10-15,22H,4-6,8-9,16-19H2,1-3H3,(H,28,31). The van der Waals surface area contributed by atoms with Crippen LogP contribution < -0.4 is 9.62 Å². The van der Waals surface area contributed by atoms with E-state index in [-0.39, 0.29) is 17.3 Å². The summed E-state index contributed by atoms with van der Waals surface area (Å²) in [5.74, 6) is -0.333. The summed E-state index contributed by atoms with van der Waals surface area (Å²) >= 11 is 6.28. The molecule has 1 saturated heterocycles. The number of aryl methyl sites for hydroxylation is 1. The minimum absolute atomic E-state index is 0.140. The maximum absolute atomic E-state index is 13.5. The first-order chi connectivity index (χ1) is 16.2. The molecule has 0 aliphatic carbocycles. The lowest BCUT2D eigenvalue weighted by Gasteiger charge is -2.35. The number of rotatable bonds is 10. The number of likely N-dealkylation sites (tertiary alicyclic amines) is 1. The molecule has 8 heteroatoms. The van der Waals surface area contributed by atoms with Gasteiger partial charge in [-0.25, -0.2) is 8.42 Å². The zero-order valence-electron chi connectivity index (χ0n) is 20.4. The molecular formula is C26H36ClN3O3S. The van der Waals surface area contributed by atoms with Crippen LogP contribution in [0.2, 0.25) is 5.02 Å². The molecule has 1 heterocycles. The fraction of sp³-hybridized carbons (Fsp3) is 0.500. The van der Waals surface area contributed by atoms with Gasteiger partial charge in [-0.05, 0) is 75.9 Å². The van der Waals surface area contributed by atoms with E-state index in [1.165, 1.54) is 19.3 Å². The van der Waals surface area contributed by atoms with Crippen molar-refractivity contribution in [1.29, 1.82) is 0 Å². The Balaban J connectivity index is 1.71. The van der Waals surface area contributed by atoms with E-state index < -0.39 is 10.0 Å². The molecule has 1 aliphatic heterocycles. The van der Waals surface area contributed by atoms with Crippen LogP contribution >= 0.6 is 11.6 Å². The minimum Gasteiger partial charge on any atom is -0.354 e. The van der Waals surface area contributed by atoms with Gasteiger partial charge < -0.3 is 10.2 Å². The molecule has 1 amide bonds. The van der Waals surface area contributed by atoms with Crippen molar-refractivity contribution in [3.05, 3.63) is 58.6 Å². The third-order valence-corrected chi connectivity index (χ3v) is 8.75. The Kier molecular flexibility index (Phi) is 9.39. The summed E-state index contributed by atoms with van der Waals surface area (Å²) in [5, 5.41) is 3.37. The molecule has 6 nitrogen and oxygen atoms in total. The van der Waals surface area contributed by atoms with Gasteiger partial charge in [0.15, 0.2) is 0 Å². The van der Waals surface area contributed by atoms with Crippen LogP contribution in [0.25, 0.3) is 0 Å². The Labute approximate surface area is 209 Å². The molecule has 0 spiro atoms. The van der Waals surface area contributed by atoms with Crippen molar-refractivity contribution in [2.75, 3.05) is 30.5 Å². The van der Waals surface area contributed by atoms with E-state index in [0.717, 1.165) is 35.8 Å². The normalized spacial score (nSPS) is 16.9. The SMILES string of the molecule is CCC1CCCCN1CCCNC(=O)CN(c1cccc(Cl)c1C)S(=O)(=O)c1ccc(C)cc1. The minimum atomic E-state index is -3.96. The quantitative estimate of drug-likeness (QED) is 0.465. The number of hydrogen-bond donors (Lipinski definition) is 1. The first kappa shape index (κ1) is 26.5. The number of nitrogens with one attached hydrogen (secondary N) is 1. The number of carbonyl (C=O) groups is 1. The number of anilines is 1. The molecule has 186 valence electrons. The van der Waals surface area contributed by atoms with Gasteiger partial charge in [0.1, 0.15) is 6.54 Å². The highest BCUT2D eigenvalue weighted by Crippen LogP contribution is 2.31. The van der Waals surface area contributed by atoms with E-state index in [4.69, 9.17) is 11.6 Å². The zero-order chi connectivity index (χ0) is 24.7. The molecule has 1 N–H and O–H groups in total. The lowest BCUT2D eigenvalue weighted by molar-refractivity contribution is -0.119.